The molecule has 8 heteroatoms. The highest BCUT2D eigenvalue weighted by Gasteiger charge is 2.13. The predicted molar refractivity (Wildman–Crippen MR) is 85.0 cm³/mol. The molecule has 0 spiro atoms. The average Bonchev–Trinajstić information content (AvgIpc) is 2.45. The number of benzene rings is 1. The highest BCUT2D eigenvalue weighted by molar-refractivity contribution is 9.10. The molecule has 4 nitrogen and oxygen atoms in total. The van der Waals surface area contributed by atoms with E-state index in [4.69, 9.17) is 27.9 Å². The predicted octanol–water partition coefficient (Wildman–Crippen LogP) is 5.30. The fraction of sp³-hybridized carbons (Fsp3) is 0.231. The Morgan fingerprint density at radius 2 is 2.10 bits per heavy atom. The Morgan fingerprint density at radius 3 is 2.81 bits per heavy atom. The second kappa shape index (κ2) is 7.24. The van der Waals surface area contributed by atoms with Gasteiger partial charge in [0.05, 0.1) is 16.2 Å². The molecule has 1 N–H and O–H groups in total. The fourth-order valence-electron chi connectivity index (χ4n) is 1.43. The maximum atomic E-state index is 13.7. The summed E-state index contributed by atoms with van der Waals surface area (Å²) in [7, 11) is 0. The summed E-state index contributed by atoms with van der Waals surface area (Å²) < 4.78 is 19.7. The number of hydrogen-bond acceptors (Lipinski definition) is 4. The first-order valence-corrected chi connectivity index (χ1v) is 7.65. The van der Waals surface area contributed by atoms with Gasteiger partial charge < -0.3 is 10.1 Å². The maximum Gasteiger partial charge on any atom is 0.260 e. The molecule has 0 unspecified atom stereocenters. The van der Waals surface area contributed by atoms with Crippen LogP contribution in [0.3, 0.4) is 0 Å². The number of hydrogen-bond donors (Lipinski definition) is 1. The minimum Gasteiger partial charge on any atom is -0.435 e. The molecule has 0 bridgehead atoms. The minimum absolute atomic E-state index is 0.212. The van der Waals surface area contributed by atoms with Crippen molar-refractivity contribution in [1.82, 2.24) is 9.97 Å². The van der Waals surface area contributed by atoms with Crippen LogP contribution in [0.25, 0.3) is 0 Å². The third kappa shape index (κ3) is 4.18. The van der Waals surface area contributed by atoms with Crippen LogP contribution in [0, 0.1) is 5.82 Å². The highest BCUT2D eigenvalue weighted by Crippen LogP contribution is 2.36. The van der Waals surface area contributed by atoms with E-state index in [-0.39, 0.29) is 22.6 Å². The zero-order valence-electron chi connectivity index (χ0n) is 11.0. The third-order valence-corrected chi connectivity index (χ3v) is 3.92. The summed E-state index contributed by atoms with van der Waals surface area (Å²) in [6, 6.07) is 3.04. The first-order valence-electron chi connectivity index (χ1n) is 6.10. The number of ether oxygens (including phenoxy) is 1. The van der Waals surface area contributed by atoms with Gasteiger partial charge in [-0.25, -0.2) is 4.98 Å². The molecule has 0 amide bonds. The Balaban J connectivity index is 2.28. The van der Waals surface area contributed by atoms with E-state index in [0.29, 0.717) is 16.0 Å². The molecule has 0 aliphatic carbocycles. The SMILES string of the molecule is CCCNc1ncc(F)c(Oc2cc(Cl)c(Br)cc2Cl)n1. The van der Waals surface area contributed by atoms with E-state index in [1.165, 1.54) is 6.07 Å². The van der Waals surface area contributed by atoms with Gasteiger partial charge in [0.15, 0.2) is 0 Å². The van der Waals surface area contributed by atoms with Gasteiger partial charge in [0.1, 0.15) is 5.75 Å². The first-order chi connectivity index (χ1) is 10.0. The number of halogens is 4. The number of rotatable bonds is 5. The molecule has 112 valence electrons. The summed E-state index contributed by atoms with van der Waals surface area (Å²) in [6.07, 6.45) is 1.93. The van der Waals surface area contributed by atoms with E-state index in [1.807, 2.05) is 6.92 Å². The molecule has 21 heavy (non-hydrogen) atoms. The Labute approximate surface area is 139 Å². The Morgan fingerprint density at radius 1 is 1.33 bits per heavy atom. The van der Waals surface area contributed by atoms with Crippen molar-refractivity contribution in [2.75, 3.05) is 11.9 Å². The van der Waals surface area contributed by atoms with Gasteiger partial charge in [-0.3, -0.25) is 0 Å². The van der Waals surface area contributed by atoms with Gasteiger partial charge in [-0.1, -0.05) is 30.1 Å². The van der Waals surface area contributed by atoms with Gasteiger partial charge in [0.2, 0.25) is 11.8 Å². The van der Waals surface area contributed by atoms with Gasteiger partial charge in [-0.05, 0) is 28.4 Å². The third-order valence-electron chi connectivity index (χ3n) is 2.43. The normalized spacial score (nSPS) is 10.5. The van der Waals surface area contributed by atoms with Gasteiger partial charge in [0, 0.05) is 17.1 Å². The molecule has 2 aromatic rings. The summed E-state index contributed by atoms with van der Waals surface area (Å²) in [5.74, 6) is -0.410. The van der Waals surface area contributed by atoms with Crippen molar-refractivity contribution in [2.24, 2.45) is 0 Å². The highest BCUT2D eigenvalue weighted by atomic mass is 79.9. The van der Waals surface area contributed by atoms with E-state index in [2.05, 4.69) is 31.2 Å². The summed E-state index contributed by atoms with van der Waals surface area (Å²) in [4.78, 5) is 7.79. The number of nitrogens with one attached hydrogen (secondary N) is 1. The molecule has 0 fully saturated rings. The lowest BCUT2D eigenvalue weighted by atomic mass is 10.3. The number of aromatic nitrogens is 2. The van der Waals surface area contributed by atoms with Crippen LogP contribution in [-0.4, -0.2) is 16.5 Å². The van der Waals surface area contributed by atoms with E-state index < -0.39 is 5.82 Å². The van der Waals surface area contributed by atoms with Crippen molar-refractivity contribution in [1.29, 1.82) is 0 Å². The van der Waals surface area contributed by atoms with Gasteiger partial charge in [-0.15, -0.1) is 0 Å². The lowest BCUT2D eigenvalue weighted by Crippen LogP contribution is -2.05. The lowest BCUT2D eigenvalue weighted by Gasteiger charge is -2.10. The van der Waals surface area contributed by atoms with Crippen molar-refractivity contribution >= 4 is 45.1 Å². The zero-order valence-corrected chi connectivity index (χ0v) is 14.1. The molecule has 1 heterocycles. The van der Waals surface area contributed by atoms with E-state index in [1.54, 1.807) is 6.07 Å². The quantitative estimate of drug-likeness (QED) is 0.699. The van der Waals surface area contributed by atoms with Crippen molar-refractivity contribution < 1.29 is 9.13 Å². The van der Waals surface area contributed by atoms with Crippen LogP contribution in [0.4, 0.5) is 10.3 Å². The molecule has 0 aliphatic heterocycles. The minimum atomic E-state index is -0.688. The summed E-state index contributed by atoms with van der Waals surface area (Å²) in [5, 5.41) is 3.63. The molecule has 0 radical (unpaired) electrons. The van der Waals surface area contributed by atoms with Crippen molar-refractivity contribution in [3.05, 3.63) is 38.7 Å². The van der Waals surface area contributed by atoms with Crippen LogP contribution in [0.15, 0.2) is 22.8 Å². The van der Waals surface area contributed by atoms with Crippen molar-refractivity contribution in [3.63, 3.8) is 0 Å². The van der Waals surface area contributed by atoms with Crippen LogP contribution in [0.5, 0.6) is 11.6 Å². The van der Waals surface area contributed by atoms with E-state index in [9.17, 15) is 4.39 Å². The van der Waals surface area contributed by atoms with Gasteiger partial charge in [0.25, 0.3) is 5.88 Å². The molecule has 1 aromatic heterocycles. The Kier molecular flexibility index (Phi) is 5.61. The van der Waals surface area contributed by atoms with Crippen LogP contribution in [-0.2, 0) is 0 Å². The monoisotopic (exact) mass is 393 g/mol. The van der Waals surface area contributed by atoms with E-state index in [0.717, 1.165) is 12.6 Å². The fourth-order valence-corrected chi connectivity index (χ4v) is 2.26. The molecule has 0 atom stereocenters. The standard InChI is InChI=1S/C13H11BrCl2FN3O/c1-2-3-18-13-19-6-10(17)12(20-13)21-11-5-8(15)7(14)4-9(11)16/h4-6H,2-3H2,1H3,(H,18,19,20). The van der Waals surface area contributed by atoms with Crippen LogP contribution >= 0.6 is 39.1 Å². The van der Waals surface area contributed by atoms with Crippen molar-refractivity contribution in [3.8, 4) is 11.6 Å². The molecule has 0 saturated heterocycles. The van der Waals surface area contributed by atoms with Gasteiger partial charge >= 0.3 is 0 Å². The lowest BCUT2D eigenvalue weighted by molar-refractivity contribution is 0.421. The molecule has 0 aliphatic rings. The average molecular weight is 395 g/mol. The zero-order chi connectivity index (χ0) is 15.4. The van der Waals surface area contributed by atoms with Crippen LogP contribution in [0.2, 0.25) is 10.0 Å². The number of nitrogens with zero attached hydrogens (tertiary/aromatic N) is 2. The van der Waals surface area contributed by atoms with E-state index >= 15 is 0 Å². The largest absolute Gasteiger partial charge is 0.435 e. The molecule has 0 saturated carbocycles. The Hall–Kier alpha value is -1.11. The topological polar surface area (TPSA) is 47.0 Å². The number of anilines is 1. The van der Waals surface area contributed by atoms with Gasteiger partial charge in [-0.2, -0.15) is 9.37 Å². The first kappa shape index (κ1) is 16.3. The van der Waals surface area contributed by atoms with Crippen LogP contribution in [0.1, 0.15) is 13.3 Å². The maximum absolute atomic E-state index is 13.7. The molecular formula is C13H11BrCl2FN3O. The summed E-state index contributed by atoms with van der Waals surface area (Å²) in [6.45, 7) is 2.67. The smallest absolute Gasteiger partial charge is 0.260 e. The Bertz CT molecular complexity index is 658. The van der Waals surface area contributed by atoms with Crippen molar-refractivity contribution in [2.45, 2.75) is 13.3 Å². The molecule has 2 rings (SSSR count). The summed E-state index contributed by atoms with van der Waals surface area (Å²) >= 11 is 15.2. The summed E-state index contributed by atoms with van der Waals surface area (Å²) in [5.41, 5.74) is 0. The molecular weight excluding hydrogens is 384 g/mol. The molecule has 1 aromatic carbocycles. The second-order valence-corrected chi connectivity index (χ2v) is 5.74. The van der Waals surface area contributed by atoms with Crippen LogP contribution < -0.4 is 10.1 Å². The second-order valence-electron chi connectivity index (χ2n) is 4.07.